The van der Waals surface area contributed by atoms with Gasteiger partial charge in [-0.1, -0.05) is 12.1 Å². The van der Waals surface area contributed by atoms with Crippen molar-refractivity contribution in [2.24, 2.45) is 5.92 Å². The van der Waals surface area contributed by atoms with Gasteiger partial charge in [-0.2, -0.15) is 4.31 Å². The van der Waals surface area contributed by atoms with Gasteiger partial charge in [0.05, 0.1) is 5.52 Å². The van der Waals surface area contributed by atoms with E-state index in [1.807, 2.05) is 19.1 Å². The molecule has 2 heterocycles. The number of pyridine rings is 1. The van der Waals surface area contributed by atoms with Gasteiger partial charge in [0.25, 0.3) is 0 Å². The number of piperidine rings is 1. The van der Waals surface area contributed by atoms with E-state index in [4.69, 9.17) is 0 Å². The van der Waals surface area contributed by atoms with Gasteiger partial charge in [-0.05, 0) is 62.8 Å². The summed E-state index contributed by atoms with van der Waals surface area (Å²) in [5.41, 5.74) is 1.60. The fourth-order valence-electron chi connectivity index (χ4n) is 3.55. The normalized spacial score (nSPS) is 19.4. The third-order valence-electron chi connectivity index (χ3n) is 5.27. The first-order valence-electron chi connectivity index (χ1n) is 9.13. The summed E-state index contributed by atoms with van der Waals surface area (Å²) in [6, 6.07) is 7.83. The minimum Gasteiger partial charge on any atom is -0.314 e. The summed E-state index contributed by atoms with van der Waals surface area (Å²) >= 11 is 0. The maximum atomic E-state index is 13.1. The van der Waals surface area contributed by atoms with Crippen LogP contribution in [-0.4, -0.2) is 43.4 Å². The molecule has 0 atom stereocenters. The highest BCUT2D eigenvalue weighted by atomic mass is 35.5. The van der Waals surface area contributed by atoms with Crippen LogP contribution in [0.25, 0.3) is 10.9 Å². The van der Waals surface area contributed by atoms with Gasteiger partial charge in [0.15, 0.2) is 0 Å². The molecule has 5 nitrogen and oxygen atoms in total. The van der Waals surface area contributed by atoms with Gasteiger partial charge < -0.3 is 5.32 Å². The highest BCUT2D eigenvalue weighted by Gasteiger charge is 2.31. The van der Waals surface area contributed by atoms with E-state index in [2.05, 4.69) is 10.3 Å². The summed E-state index contributed by atoms with van der Waals surface area (Å²) in [7, 11) is -3.50. The van der Waals surface area contributed by atoms with Crippen LogP contribution >= 0.6 is 12.4 Å². The van der Waals surface area contributed by atoms with Gasteiger partial charge in [0, 0.05) is 30.7 Å². The molecule has 26 heavy (non-hydrogen) atoms. The van der Waals surface area contributed by atoms with E-state index in [1.165, 1.54) is 12.8 Å². The predicted molar refractivity (Wildman–Crippen MR) is 106 cm³/mol. The molecule has 1 saturated carbocycles. The number of halogens is 1. The molecule has 142 valence electrons. The molecular formula is C19H26ClN3O2S. The van der Waals surface area contributed by atoms with E-state index in [9.17, 15) is 8.42 Å². The first kappa shape index (κ1) is 19.5. The summed E-state index contributed by atoms with van der Waals surface area (Å²) in [6.07, 6.45) is 6.17. The van der Waals surface area contributed by atoms with Crippen molar-refractivity contribution in [3.8, 4) is 0 Å². The number of sulfonamides is 1. The number of rotatable bonds is 5. The summed E-state index contributed by atoms with van der Waals surface area (Å²) in [5.74, 6) is 0.854. The SMILES string of the molecule is Cc1cnc2c(S(=O)(=O)N3CCC(NCC4CC4)CC3)cccc2c1.Cl. The third kappa shape index (κ3) is 4.03. The Morgan fingerprint density at radius 3 is 2.62 bits per heavy atom. The van der Waals surface area contributed by atoms with E-state index in [0.29, 0.717) is 29.5 Å². The molecule has 1 saturated heterocycles. The maximum absolute atomic E-state index is 13.1. The molecule has 0 spiro atoms. The second-order valence-electron chi connectivity index (χ2n) is 7.37. The van der Waals surface area contributed by atoms with E-state index in [1.54, 1.807) is 22.6 Å². The molecule has 1 N–H and O–H groups in total. The van der Waals surface area contributed by atoms with E-state index < -0.39 is 10.0 Å². The lowest BCUT2D eigenvalue weighted by Crippen LogP contribution is -2.45. The Kier molecular flexibility index (Phi) is 5.87. The quantitative estimate of drug-likeness (QED) is 0.844. The van der Waals surface area contributed by atoms with Crippen LogP contribution in [0, 0.1) is 12.8 Å². The smallest absolute Gasteiger partial charge is 0.245 e. The summed E-state index contributed by atoms with van der Waals surface area (Å²) in [5, 5.41) is 4.47. The van der Waals surface area contributed by atoms with Gasteiger partial charge >= 0.3 is 0 Å². The van der Waals surface area contributed by atoms with Crippen LogP contribution in [0.1, 0.15) is 31.2 Å². The Balaban J connectivity index is 0.00000196. The van der Waals surface area contributed by atoms with Gasteiger partial charge in [-0.3, -0.25) is 4.98 Å². The monoisotopic (exact) mass is 395 g/mol. The zero-order valence-electron chi connectivity index (χ0n) is 15.0. The van der Waals surface area contributed by atoms with Crippen LogP contribution in [0.15, 0.2) is 35.4 Å². The van der Waals surface area contributed by atoms with Crippen molar-refractivity contribution in [3.05, 3.63) is 36.0 Å². The van der Waals surface area contributed by atoms with Crippen molar-refractivity contribution in [2.75, 3.05) is 19.6 Å². The number of benzene rings is 1. The Bertz CT molecular complexity index is 875. The molecule has 1 aromatic heterocycles. The Labute approximate surface area is 161 Å². The second-order valence-corrected chi connectivity index (χ2v) is 9.28. The Morgan fingerprint density at radius 1 is 1.19 bits per heavy atom. The van der Waals surface area contributed by atoms with Gasteiger partial charge in [-0.15, -0.1) is 12.4 Å². The van der Waals surface area contributed by atoms with Crippen LogP contribution in [0.5, 0.6) is 0 Å². The molecule has 1 aromatic carbocycles. The van der Waals surface area contributed by atoms with E-state index in [-0.39, 0.29) is 12.4 Å². The summed E-state index contributed by atoms with van der Waals surface area (Å²) < 4.78 is 27.9. The average Bonchev–Trinajstić information content (AvgIpc) is 3.44. The Morgan fingerprint density at radius 2 is 1.92 bits per heavy atom. The van der Waals surface area contributed by atoms with Crippen molar-refractivity contribution >= 4 is 33.3 Å². The number of aryl methyl sites for hydroxylation is 1. The summed E-state index contributed by atoms with van der Waals surface area (Å²) in [4.78, 5) is 4.72. The number of nitrogens with zero attached hydrogens (tertiary/aromatic N) is 2. The number of hydrogen-bond acceptors (Lipinski definition) is 4. The van der Waals surface area contributed by atoms with E-state index in [0.717, 1.165) is 36.3 Å². The highest BCUT2D eigenvalue weighted by Crippen LogP contribution is 2.29. The topological polar surface area (TPSA) is 62.3 Å². The molecule has 2 aliphatic rings. The second kappa shape index (κ2) is 7.80. The molecule has 2 fully saturated rings. The molecule has 4 rings (SSSR count). The number of para-hydroxylation sites is 1. The number of hydrogen-bond donors (Lipinski definition) is 1. The standard InChI is InChI=1S/C19H25N3O2S.ClH/c1-14-11-16-3-2-4-18(19(16)21-12-14)25(23,24)22-9-7-17(8-10-22)20-13-15-5-6-15;/h2-4,11-12,15,17,20H,5-10,13H2,1H3;1H. The first-order valence-corrected chi connectivity index (χ1v) is 10.6. The maximum Gasteiger partial charge on any atom is 0.245 e. The van der Waals surface area contributed by atoms with Crippen LogP contribution < -0.4 is 5.32 Å². The van der Waals surface area contributed by atoms with Crippen molar-refractivity contribution in [1.82, 2.24) is 14.6 Å². The van der Waals surface area contributed by atoms with Crippen molar-refractivity contribution in [2.45, 2.75) is 43.5 Å². The van der Waals surface area contributed by atoms with Gasteiger partial charge in [-0.25, -0.2) is 8.42 Å². The molecule has 0 radical (unpaired) electrons. The fourth-order valence-corrected chi connectivity index (χ4v) is 5.18. The minimum absolute atomic E-state index is 0. The average molecular weight is 396 g/mol. The van der Waals surface area contributed by atoms with Crippen LogP contribution in [0.3, 0.4) is 0 Å². The molecule has 1 aliphatic carbocycles. The molecular weight excluding hydrogens is 370 g/mol. The third-order valence-corrected chi connectivity index (χ3v) is 7.20. The summed E-state index contributed by atoms with van der Waals surface area (Å²) in [6.45, 7) is 4.21. The highest BCUT2D eigenvalue weighted by molar-refractivity contribution is 7.89. The lowest BCUT2D eigenvalue weighted by atomic mass is 10.1. The molecule has 0 unspecified atom stereocenters. The molecule has 1 aliphatic heterocycles. The number of fused-ring (bicyclic) bond motifs is 1. The molecule has 7 heteroatoms. The van der Waals surface area contributed by atoms with Crippen molar-refractivity contribution in [3.63, 3.8) is 0 Å². The van der Waals surface area contributed by atoms with E-state index >= 15 is 0 Å². The number of aromatic nitrogens is 1. The van der Waals surface area contributed by atoms with Crippen molar-refractivity contribution < 1.29 is 8.42 Å². The van der Waals surface area contributed by atoms with Crippen LogP contribution in [-0.2, 0) is 10.0 Å². The lowest BCUT2D eigenvalue weighted by Gasteiger charge is -2.32. The zero-order chi connectivity index (χ0) is 17.4. The predicted octanol–water partition coefficient (Wildman–Crippen LogP) is 3.12. The molecule has 0 bridgehead atoms. The number of nitrogens with one attached hydrogen (secondary N) is 1. The largest absolute Gasteiger partial charge is 0.314 e. The molecule has 0 amide bonds. The van der Waals surface area contributed by atoms with Gasteiger partial charge in [0.2, 0.25) is 10.0 Å². The zero-order valence-corrected chi connectivity index (χ0v) is 16.7. The van der Waals surface area contributed by atoms with Crippen LogP contribution in [0.4, 0.5) is 0 Å². The van der Waals surface area contributed by atoms with Gasteiger partial charge in [0.1, 0.15) is 4.90 Å². The first-order chi connectivity index (χ1) is 12.0. The fraction of sp³-hybridized carbons (Fsp3) is 0.526. The van der Waals surface area contributed by atoms with Crippen molar-refractivity contribution in [1.29, 1.82) is 0 Å². The minimum atomic E-state index is -3.50. The molecule has 2 aromatic rings. The Hall–Kier alpha value is -1.21. The lowest BCUT2D eigenvalue weighted by molar-refractivity contribution is 0.288. The van der Waals surface area contributed by atoms with Crippen LogP contribution in [0.2, 0.25) is 0 Å².